The van der Waals surface area contributed by atoms with Gasteiger partial charge in [0.2, 0.25) is 5.91 Å². The first-order valence-corrected chi connectivity index (χ1v) is 25.2. The van der Waals surface area contributed by atoms with Crippen LogP contribution in [0.4, 0.5) is 0 Å². The van der Waals surface area contributed by atoms with E-state index >= 15 is 0 Å². The van der Waals surface area contributed by atoms with E-state index in [1.54, 1.807) is 0 Å². The number of rotatable bonds is 47. The minimum absolute atomic E-state index is 0.0352. The van der Waals surface area contributed by atoms with Crippen LogP contribution in [0.15, 0.2) is 24.3 Å². The van der Waals surface area contributed by atoms with Gasteiger partial charge in [-0.2, -0.15) is 0 Å². The van der Waals surface area contributed by atoms with E-state index in [-0.39, 0.29) is 31.1 Å². The molecule has 0 spiro atoms. The Labute approximate surface area is 369 Å². The maximum atomic E-state index is 13.5. The van der Waals surface area contributed by atoms with Crippen molar-refractivity contribution in [1.82, 2.24) is 16.0 Å². The minimum atomic E-state index is -0.630. The summed E-state index contributed by atoms with van der Waals surface area (Å²) in [5, 5.41) is 9.73. The first-order valence-electron chi connectivity index (χ1n) is 25.2. The Morgan fingerprint density at radius 3 is 1.30 bits per heavy atom. The topological polar surface area (TPSA) is 158 Å². The van der Waals surface area contributed by atoms with Gasteiger partial charge < -0.3 is 36.9 Å². The van der Waals surface area contributed by atoms with E-state index in [0.717, 1.165) is 96.6 Å². The Bertz CT molecular complexity index is 954. The molecule has 0 rings (SSSR count). The summed E-state index contributed by atoms with van der Waals surface area (Å²) < 4.78 is 11.3. The molecule has 0 saturated heterocycles. The average molecular weight is 848 g/mol. The Balaban J connectivity index is 4.70. The first-order chi connectivity index (χ1) is 29.5. The number of ether oxygens (including phenoxy) is 2. The van der Waals surface area contributed by atoms with Gasteiger partial charge in [-0.05, 0) is 123 Å². The molecule has 0 aromatic rings. The van der Waals surface area contributed by atoms with Crippen LogP contribution in [0, 0.1) is 0 Å². The van der Waals surface area contributed by atoms with Gasteiger partial charge in [-0.25, -0.2) is 0 Å². The zero-order valence-corrected chi connectivity index (χ0v) is 39.2. The molecule has 0 aromatic heterocycles. The highest BCUT2D eigenvalue weighted by molar-refractivity contribution is 5.82. The Morgan fingerprint density at radius 1 is 0.483 bits per heavy atom. The third-order valence-corrected chi connectivity index (χ3v) is 11.0. The molecule has 0 heterocycles. The van der Waals surface area contributed by atoms with Gasteiger partial charge in [-0.1, -0.05) is 141 Å². The molecule has 7 N–H and O–H groups in total. The van der Waals surface area contributed by atoms with Crippen LogP contribution in [0.2, 0.25) is 0 Å². The van der Waals surface area contributed by atoms with E-state index in [1.165, 1.54) is 103 Å². The van der Waals surface area contributed by atoms with Gasteiger partial charge in [0.15, 0.2) is 0 Å². The van der Waals surface area contributed by atoms with Crippen LogP contribution >= 0.6 is 0 Å². The molecular formula is C50H97N5O5. The van der Waals surface area contributed by atoms with Crippen molar-refractivity contribution in [3.8, 4) is 0 Å². The lowest BCUT2D eigenvalue weighted by atomic mass is 10.1. The summed E-state index contributed by atoms with van der Waals surface area (Å²) in [5.41, 5.74) is 11.3. The quantitative estimate of drug-likeness (QED) is 0.0228. The van der Waals surface area contributed by atoms with Crippen molar-refractivity contribution in [3.05, 3.63) is 24.3 Å². The van der Waals surface area contributed by atoms with Crippen LogP contribution in [0.5, 0.6) is 0 Å². The highest BCUT2D eigenvalue weighted by Crippen LogP contribution is 2.13. The number of esters is 2. The number of nitrogens with two attached hydrogens (primary N) is 2. The minimum Gasteiger partial charge on any atom is -0.463 e. The average Bonchev–Trinajstić information content (AvgIpc) is 3.25. The summed E-state index contributed by atoms with van der Waals surface area (Å²) in [6.45, 7) is 7.88. The Kier molecular flexibility index (Phi) is 46.0. The normalized spacial score (nSPS) is 12.7. The fourth-order valence-corrected chi connectivity index (χ4v) is 7.13. The third kappa shape index (κ3) is 42.4. The second kappa shape index (κ2) is 47.8. The predicted octanol–water partition coefficient (Wildman–Crippen LogP) is 10.7. The van der Waals surface area contributed by atoms with E-state index in [0.29, 0.717) is 38.9 Å². The molecule has 0 aliphatic rings. The summed E-state index contributed by atoms with van der Waals surface area (Å²) in [6, 6.07) is -1.07. The van der Waals surface area contributed by atoms with E-state index in [1.807, 2.05) is 0 Å². The number of carbonyl (C=O) groups is 3. The number of carbonyl (C=O) groups excluding carboxylic acids is 3. The van der Waals surface area contributed by atoms with Crippen molar-refractivity contribution >= 4 is 17.8 Å². The molecule has 10 nitrogen and oxygen atoms in total. The maximum Gasteiger partial charge on any atom is 0.305 e. The number of allylic oxidation sites excluding steroid dienone is 4. The standard InChI is InChI=1S/C50H97N5O5/c1-3-5-7-9-11-13-15-17-19-21-23-25-27-29-31-37-48(56)59-44-46(55-50(58)47(54-43-35-40-52)36-33-41-53-42-34-39-51)45-60-49(57)38-32-30-28-26-24-22-20-18-16-14-12-10-8-6-4-2/h17-20,46-47,53-54H,3-16,21-45,51-52H2,1-2H3,(H,55,58). The monoisotopic (exact) mass is 848 g/mol. The Morgan fingerprint density at radius 2 is 0.867 bits per heavy atom. The van der Waals surface area contributed by atoms with Crippen LogP contribution in [0.3, 0.4) is 0 Å². The smallest absolute Gasteiger partial charge is 0.305 e. The summed E-state index contributed by atoms with van der Waals surface area (Å²) >= 11 is 0. The lowest BCUT2D eigenvalue weighted by Crippen LogP contribution is -2.51. The number of hydrogen-bond donors (Lipinski definition) is 5. The second-order valence-corrected chi connectivity index (χ2v) is 16.9. The number of amides is 1. The summed E-state index contributed by atoms with van der Waals surface area (Å²) in [7, 11) is 0. The van der Waals surface area contributed by atoms with Crippen LogP contribution in [-0.4, -0.2) is 75.9 Å². The number of unbranched alkanes of at least 4 members (excludes halogenated alkanes) is 22. The molecule has 0 radical (unpaired) electrons. The van der Waals surface area contributed by atoms with Crippen molar-refractivity contribution < 1.29 is 23.9 Å². The Hall–Kier alpha value is -2.27. The van der Waals surface area contributed by atoms with Crippen molar-refractivity contribution in [2.45, 2.75) is 231 Å². The van der Waals surface area contributed by atoms with E-state index in [2.05, 4.69) is 54.1 Å². The molecule has 0 saturated carbocycles. The molecule has 0 fully saturated rings. The van der Waals surface area contributed by atoms with Crippen molar-refractivity contribution in [3.63, 3.8) is 0 Å². The largest absolute Gasteiger partial charge is 0.463 e. The van der Waals surface area contributed by atoms with Crippen LogP contribution in [0.1, 0.15) is 219 Å². The van der Waals surface area contributed by atoms with Gasteiger partial charge in [0.05, 0.1) is 12.1 Å². The highest BCUT2D eigenvalue weighted by Gasteiger charge is 2.23. The molecule has 0 aliphatic heterocycles. The molecule has 60 heavy (non-hydrogen) atoms. The van der Waals surface area contributed by atoms with E-state index < -0.39 is 12.1 Å². The zero-order chi connectivity index (χ0) is 43.8. The first kappa shape index (κ1) is 57.7. The molecule has 1 unspecified atom stereocenters. The fraction of sp³-hybridized carbons (Fsp3) is 0.860. The highest BCUT2D eigenvalue weighted by atomic mass is 16.5. The van der Waals surface area contributed by atoms with Crippen molar-refractivity contribution in [2.24, 2.45) is 11.5 Å². The van der Waals surface area contributed by atoms with Crippen LogP contribution < -0.4 is 27.4 Å². The van der Waals surface area contributed by atoms with Gasteiger partial charge in [0, 0.05) is 12.8 Å². The van der Waals surface area contributed by atoms with Gasteiger partial charge in [-0.15, -0.1) is 0 Å². The zero-order valence-electron chi connectivity index (χ0n) is 39.2. The molecule has 0 aliphatic carbocycles. The predicted molar refractivity (Wildman–Crippen MR) is 254 cm³/mol. The SMILES string of the molecule is CCCCCCCCC=CCCCCCCCC(=O)OCC(COC(=O)CCCCCCCC=CCCCCCCCC)NC(=O)C(CCCNCCCN)NCCCN. The molecular weight excluding hydrogens is 751 g/mol. The molecule has 0 bridgehead atoms. The van der Waals surface area contributed by atoms with Gasteiger partial charge in [-0.3, -0.25) is 14.4 Å². The van der Waals surface area contributed by atoms with Crippen LogP contribution in [-0.2, 0) is 23.9 Å². The molecule has 1 atom stereocenters. The van der Waals surface area contributed by atoms with Crippen molar-refractivity contribution in [1.29, 1.82) is 0 Å². The number of nitrogens with one attached hydrogen (secondary N) is 3. The lowest BCUT2D eigenvalue weighted by molar-refractivity contribution is -0.149. The second-order valence-electron chi connectivity index (χ2n) is 16.9. The summed E-state index contributed by atoms with van der Waals surface area (Å²) in [6.07, 6.45) is 44.3. The molecule has 10 heteroatoms. The molecule has 352 valence electrons. The van der Waals surface area contributed by atoms with E-state index in [4.69, 9.17) is 20.9 Å². The molecule has 0 aromatic carbocycles. The van der Waals surface area contributed by atoms with Gasteiger partial charge in [0.1, 0.15) is 13.2 Å². The molecule has 1 amide bonds. The number of hydrogen-bond acceptors (Lipinski definition) is 9. The third-order valence-electron chi connectivity index (χ3n) is 11.0. The van der Waals surface area contributed by atoms with Crippen LogP contribution in [0.25, 0.3) is 0 Å². The summed E-state index contributed by atoms with van der Waals surface area (Å²) in [4.78, 5) is 39.0. The maximum absolute atomic E-state index is 13.5. The summed E-state index contributed by atoms with van der Waals surface area (Å²) in [5.74, 6) is -0.763. The fourth-order valence-electron chi connectivity index (χ4n) is 7.13. The lowest BCUT2D eigenvalue weighted by Gasteiger charge is -2.23. The van der Waals surface area contributed by atoms with Gasteiger partial charge in [0.25, 0.3) is 0 Å². The van der Waals surface area contributed by atoms with E-state index in [9.17, 15) is 14.4 Å². The van der Waals surface area contributed by atoms with Gasteiger partial charge >= 0.3 is 11.9 Å². The van der Waals surface area contributed by atoms with Crippen molar-refractivity contribution in [2.75, 3.05) is 45.9 Å².